The number of nitrogens with two attached hydrogens (primary N) is 1. The zero-order valence-corrected chi connectivity index (χ0v) is 15.3. The molecule has 27 heavy (non-hydrogen) atoms. The molecule has 1 fully saturated rings. The van der Waals surface area contributed by atoms with Crippen LogP contribution in [-0.4, -0.2) is 47.6 Å². The second kappa shape index (κ2) is 8.20. The highest BCUT2D eigenvalue weighted by atomic mass is 19.4. The summed E-state index contributed by atoms with van der Waals surface area (Å²) in [6.07, 6.45) is 3.44. The lowest BCUT2D eigenvalue weighted by Gasteiger charge is -2.40. The topological polar surface area (TPSA) is 58.7 Å². The molecule has 1 aromatic rings. The van der Waals surface area contributed by atoms with E-state index in [-0.39, 0.29) is 17.7 Å². The standard InChI is InChI=1S/C20H27F3N2O2/c21-20(22,23)27-17-6-4-15(5-7-17)18(19(26)10-2-1-3-11-19)14-25-12-8-16(24)9-13-25/h2,4-7,10,16,18,26H,1,3,8-9,11-14,24H2. The van der Waals surface area contributed by atoms with Gasteiger partial charge in [0.2, 0.25) is 0 Å². The Morgan fingerprint density at radius 2 is 1.89 bits per heavy atom. The minimum Gasteiger partial charge on any atom is -0.406 e. The number of rotatable bonds is 5. The summed E-state index contributed by atoms with van der Waals surface area (Å²) in [5.41, 5.74) is 5.80. The van der Waals surface area contributed by atoms with E-state index in [0.717, 1.165) is 44.3 Å². The average Bonchev–Trinajstić information content (AvgIpc) is 2.61. The summed E-state index contributed by atoms with van der Waals surface area (Å²) in [6.45, 7) is 2.38. The van der Waals surface area contributed by atoms with Crippen molar-refractivity contribution >= 4 is 0 Å². The highest BCUT2D eigenvalue weighted by Crippen LogP contribution is 2.38. The fourth-order valence-corrected chi connectivity index (χ4v) is 4.01. The summed E-state index contributed by atoms with van der Waals surface area (Å²) in [4.78, 5) is 2.29. The van der Waals surface area contributed by atoms with Crippen molar-refractivity contribution in [2.24, 2.45) is 5.73 Å². The molecule has 0 saturated carbocycles. The number of ether oxygens (including phenoxy) is 1. The lowest BCUT2D eigenvalue weighted by Crippen LogP contribution is -2.46. The van der Waals surface area contributed by atoms with Crippen LogP contribution in [0.15, 0.2) is 36.4 Å². The number of alkyl halides is 3. The molecule has 0 radical (unpaired) electrons. The Morgan fingerprint density at radius 1 is 1.22 bits per heavy atom. The van der Waals surface area contributed by atoms with Gasteiger partial charge in [0, 0.05) is 18.5 Å². The third-order valence-electron chi connectivity index (χ3n) is 5.55. The van der Waals surface area contributed by atoms with Gasteiger partial charge in [-0.2, -0.15) is 0 Å². The molecule has 1 aliphatic carbocycles. The normalized spacial score (nSPS) is 26.1. The molecule has 150 valence electrons. The van der Waals surface area contributed by atoms with Crippen molar-refractivity contribution in [2.75, 3.05) is 19.6 Å². The molecule has 0 aromatic heterocycles. The number of benzene rings is 1. The lowest BCUT2D eigenvalue weighted by molar-refractivity contribution is -0.274. The van der Waals surface area contributed by atoms with Crippen LogP contribution in [0.5, 0.6) is 5.75 Å². The Bertz CT molecular complexity index is 640. The van der Waals surface area contributed by atoms with Crippen LogP contribution in [0, 0.1) is 0 Å². The first-order valence-corrected chi connectivity index (χ1v) is 9.49. The van der Waals surface area contributed by atoms with Gasteiger partial charge in [-0.1, -0.05) is 24.3 Å². The van der Waals surface area contributed by atoms with E-state index in [1.807, 2.05) is 12.2 Å². The Kier molecular flexibility index (Phi) is 6.13. The van der Waals surface area contributed by atoms with Crippen LogP contribution < -0.4 is 10.5 Å². The molecule has 0 amide bonds. The highest BCUT2D eigenvalue weighted by Gasteiger charge is 2.38. The van der Waals surface area contributed by atoms with Gasteiger partial charge in [0.1, 0.15) is 5.75 Å². The largest absolute Gasteiger partial charge is 0.573 e. The van der Waals surface area contributed by atoms with Crippen LogP contribution >= 0.6 is 0 Å². The van der Waals surface area contributed by atoms with Gasteiger partial charge >= 0.3 is 6.36 Å². The number of hydrogen-bond donors (Lipinski definition) is 2. The van der Waals surface area contributed by atoms with Crippen LogP contribution in [0.25, 0.3) is 0 Å². The molecule has 2 aliphatic rings. The van der Waals surface area contributed by atoms with Crippen molar-refractivity contribution in [2.45, 2.75) is 56.0 Å². The van der Waals surface area contributed by atoms with Gasteiger partial charge in [0.15, 0.2) is 0 Å². The minimum absolute atomic E-state index is 0.219. The molecule has 3 rings (SSSR count). The average molecular weight is 384 g/mol. The molecule has 1 aliphatic heterocycles. The molecular weight excluding hydrogens is 357 g/mol. The van der Waals surface area contributed by atoms with E-state index in [4.69, 9.17) is 5.73 Å². The van der Waals surface area contributed by atoms with Crippen LogP contribution in [0.1, 0.15) is 43.6 Å². The van der Waals surface area contributed by atoms with E-state index in [9.17, 15) is 18.3 Å². The van der Waals surface area contributed by atoms with E-state index in [2.05, 4.69) is 9.64 Å². The van der Waals surface area contributed by atoms with Crippen LogP contribution in [0.2, 0.25) is 0 Å². The summed E-state index contributed by atoms with van der Waals surface area (Å²) in [6, 6.07) is 6.11. The highest BCUT2D eigenvalue weighted by molar-refractivity contribution is 5.33. The number of piperidine rings is 1. The third-order valence-corrected chi connectivity index (χ3v) is 5.55. The Hall–Kier alpha value is -1.57. The molecule has 1 saturated heterocycles. The summed E-state index contributed by atoms with van der Waals surface area (Å²) in [7, 11) is 0. The first kappa shape index (κ1) is 20.2. The number of allylic oxidation sites excluding steroid dienone is 1. The van der Waals surface area contributed by atoms with Crippen molar-refractivity contribution in [1.29, 1.82) is 0 Å². The number of aliphatic hydroxyl groups is 1. The van der Waals surface area contributed by atoms with Gasteiger partial charge < -0.3 is 20.5 Å². The van der Waals surface area contributed by atoms with Gasteiger partial charge in [-0.05, 0) is 62.9 Å². The Balaban J connectivity index is 1.81. The smallest absolute Gasteiger partial charge is 0.406 e. The van der Waals surface area contributed by atoms with E-state index in [1.165, 1.54) is 12.1 Å². The quantitative estimate of drug-likeness (QED) is 0.762. The molecule has 4 nitrogen and oxygen atoms in total. The van der Waals surface area contributed by atoms with Gasteiger partial charge in [0.25, 0.3) is 0 Å². The van der Waals surface area contributed by atoms with Gasteiger partial charge in [-0.3, -0.25) is 0 Å². The maximum absolute atomic E-state index is 12.4. The van der Waals surface area contributed by atoms with Crippen LogP contribution in [0.3, 0.4) is 0 Å². The molecule has 7 heteroatoms. The molecule has 0 bridgehead atoms. The summed E-state index contributed by atoms with van der Waals surface area (Å²) in [5.74, 6) is -0.469. The zero-order valence-electron chi connectivity index (χ0n) is 15.3. The fraction of sp³-hybridized carbons (Fsp3) is 0.600. The molecule has 2 atom stereocenters. The van der Waals surface area contributed by atoms with Crippen molar-refractivity contribution < 1.29 is 23.0 Å². The maximum Gasteiger partial charge on any atom is 0.573 e. The van der Waals surface area contributed by atoms with E-state index < -0.39 is 12.0 Å². The zero-order chi connectivity index (χ0) is 19.5. The maximum atomic E-state index is 12.4. The van der Waals surface area contributed by atoms with Crippen molar-refractivity contribution in [1.82, 2.24) is 4.90 Å². The monoisotopic (exact) mass is 384 g/mol. The molecule has 1 aromatic carbocycles. The predicted octanol–water partition coefficient (Wildman–Crippen LogP) is 3.56. The van der Waals surface area contributed by atoms with E-state index in [0.29, 0.717) is 13.0 Å². The minimum atomic E-state index is -4.71. The first-order chi connectivity index (χ1) is 12.8. The molecular formula is C20H27F3N2O2. The van der Waals surface area contributed by atoms with Crippen molar-refractivity contribution in [3.8, 4) is 5.75 Å². The van der Waals surface area contributed by atoms with Crippen LogP contribution in [0.4, 0.5) is 13.2 Å². The predicted molar refractivity (Wildman–Crippen MR) is 97.5 cm³/mol. The third kappa shape index (κ3) is 5.46. The Labute approximate surface area is 157 Å². The number of nitrogens with zero attached hydrogens (tertiary/aromatic N) is 1. The second-order valence-electron chi connectivity index (χ2n) is 7.59. The van der Waals surface area contributed by atoms with Crippen molar-refractivity contribution in [3.63, 3.8) is 0 Å². The number of halogens is 3. The lowest BCUT2D eigenvalue weighted by atomic mass is 9.76. The number of likely N-dealkylation sites (tertiary alicyclic amines) is 1. The molecule has 3 N–H and O–H groups in total. The molecule has 1 heterocycles. The van der Waals surface area contributed by atoms with E-state index in [1.54, 1.807) is 12.1 Å². The van der Waals surface area contributed by atoms with Gasteiger partial charge in [-0.15, -0.1) is 13.2 Å². The molecule has 2 unspecified atom stereocenters. The SMILES string of the molecule is NC1CCN(CC(c2ccc(OC(F)(F)F)cc2)C2(O)C=CCCC2)CC1. The van der Waals surface area contributed by atoms with Gasteiger partial charge in [0.05, 0.1) is 5.60 Å². The summed E-state index contributed by atoms with van der Waals surface area (Å²) < 4.78 is 41.2. The Morgan fingerprint density at radius 3 is 2.44 bits per heavy atom. The molecule has 0 spiro atoms. The van der Waals surface area contributed by atoms with Gasteiger partial charge in [-0.25, -0.2) is 0 Å². The summed E-state index contributed by atoms with van der Waals surface area (Å²) >= 11 is 0. The fourth-order valence-electron chi connectivity index (χ4n) is 4.01. The number of hydrogen-bond acceptors (Lipinski definition) is 4. The van der Waals surface area contributed by atoms with E-state index >= 15 is 0 Å². The van der Waals surface area contributed by atoms with Crippen LogP contribution in [-0.2, 0) is 0 Å². The first-order valence-electron chi connectivity index (χ1n) is 9.49. The van der Waals surface area contributed by atoms with Crippen molar-refractivity contribution in [3.05, 3.63) is 42.0 Å². The second-order valence-corrected chi connectivity index (χ2v) is 7.59. The summed E-state index contributed by atoms with van der Waals surface area (Å²) in [5, 5.41) is 11.3.